The zero-order valence-electron chi connectivity index (χ0n) is 13.1. The van der Waals surface area contributed by atoms with Crippen molar-refractivity contribution in [2.45, 2.75) is 39.3 Å². The molecule has 0 amide bonds. The highest BCUT2D eigenvalue weighted by Gasteiger charge is 2.32. The van der Waals surface area contributed by atoms with Crippen LogP contribution in [0.25, 0.3) is 10.8 Å². The fourth-order valence-corrected chi connectivity index (χ4v) is 3.63. The predicted octanol–water partition coefficient (Wildman–Crippen LogP) is 3.16. The first kappa shape index (κ1) is 15.2. The largest absolute Gasteiger partial charge is 0.468 e. The Bertz CT molecular complexity index is 677. The van der Waals surface area contributed by atoms with Crippen molar-refractivity contribution >= 4 is 17.3 Å². The lowest BCUT2D eigenvalue weighted by Crippen LogP contribution is -2.36. The average molecular weight is 320 g/mol. The Morgan fingerprint density at radius 3 is 3.00 bits per heavy atom. The molecule has 0 N–H and O–H groups in total. The van der Waals surface area contributed by atoms with Crippen LogP contribution in [0, 0.1) is 13.8 Å². The van der Waals surface area contributed by atoms with Gasteiger partial charge in [0.2, 0.25) is 5.89 Å². The molecule has 0 aliphatic carbocycles. The molecule has 0 bridgehead atoms. The summed E-state index contributed by atoms with van der Waals surface area (Å²) in [4.78, 5) is 20.8. The number of hydrogen-bond acceptors (Lipinski definition) is 6. The molecule has 6 heteroatoms. The van der Waals surface area contributed by atoms with Crippen LogP contribution in [0.5, 0.6) is 0 Å². The van der Waals surface area contributed by atoms with Gasteiger partial charge in [0, 0.05) is 11.4 Å². The Morgan fingerprint density at radius 2 is 2.32 bits per heavy atom. The number of rotatable bonds is 4. The summed E-state index contributed by atoms with van der Waals surface area (Å²) in [5, 5.41) is 0. The first-order valence-corrected chi connectivity index (χ1v) is 8.25. The molecule has 22 heavy (non-hydrogen) atoms. The van der Waals surface area contributed by atoms with Gasteiger partial charge in [-0.05, 0) is 45.4 Å². The monoisotopic (exact) mass is 320 g/mol. The topological polar surface area (TPSA) is 55.6 Å². The molecule has 1 fully saturated rings. The van der Waals surface area contributed by atoms with E-state index in [1.165, 1.54) is 12.0 Å². The van der Waals surface area contributed by atoms with E-state index >= 15 is 0 Å². The molecule has 1 saturated heterocycles. The number of aromatic nitrogens is 1. The van der Waals surface area contributed by atoms with Crippen molar-refractivity contribution in [3.63, 3.8) is 0 Å². The lowest BCUT2D eigenvalue weighted by molar-refractivity contribution is -0.146. The number of hydrogen-bond donors (Lipinski definition) is 0. The Balaban J connectivity index is 1.78. The molecule has 1 atom stereocenters. The first-order chi connectivity index (χ1) is 10.6. The van der Waals surface area contributed by atoms with Gasteiger partial charge in [-0.25, -0.2) is 4.98 Å². The summed E-state index contributed by atoms with van der Waals surface area (Å²) in [5.41, 5.74) is 0.900. The second-order valence-electron chi connectivity index (χ2n) is 5.58. The zero-order valence-corrected chi connectivity index (χ0v) is 13.9. The van der Waals surface area contributed by atoms with E-state index in [2.05, 4.69) is 22.9 Å². The normalized spacial score (nSPS) is 18.8. The van der Waals surface area contributed by atoms with Crippen LogP contribution < -0.4 is 0 Å². The van der Waals surface area contributed by atoms with Crippen LogP contribution in [-0.2, 0) is 16.1 Å². The third kappa shape index (κ3) is 2.94. The van der Waals surface area contributed by atoms with Crippen LogP contribution in [0.3, 0.4) is 0 Å². The number of likely N-dealkylation sites (tertiary alicyclic amines) is 1. The van der Waals surface area contributed by atoms with Crippen LogP contribution in [0.15, 0.2) is 16.5 Å². The molecule has 0 spiro atoms. The van der Waals surface area contributed by atoms with Gasteiger partial charge in [0.05, 0.1) is 17.7 Å². The lowest BCUT2D eigenvalue weighted by Gasteiger charge is -2.21. The van der Waals surface area contributed by atoms with E-state index in [9.17, 15) is 4.79 Å². The van der Waals surface area contributed by atoms with E-state index in [4.69, 9.17) is 9.15 Å². The summed E-state index contributed by atoms with van der Waals surface area (Å²) in [6, 6.07) is 3.93. The Hall–Kier alpha value is -1.66. The quantitative estimate of drug-likeness (QED) is 0.810. The minimum Gasteiger partial charge on any atom is -0.468 e. The molecule has 1 aliphatic heterocycles. The van der Waals surface area contributed by atoms with Gasteiger partial charge in [-0.3, -0.25) is 9.69 Å². The van der Waals surface area contributed by atoms with Crippen molar-refractivity contribution in [2.24, 2.45) is 0 Å². The smallest absolute Gasteiger partial charge is 0.323 e. The number of thiophene rings is 1. The lowest BCUT2D eigenvalue weighted by atomic mass is 10.2. The van der Waals surface area contributed by atoms with Crippen molar-refractivity contribution in [3.05, 3.63) is 28.5 Å². The second kappa shape index (κ2) is 6.22. The number of carbonyl (C=O) groups excluding carboxylic acids is 1. The molecule has 3 rings (SSSR count). The average Bonchev–Trinajstić information content (AvgIpc) is 3.20. The SMILES string of the molecule is COC(=O)[C@@H]1CCCN1Cc1nc(-c2ccc(C)s2)oc1C. The van der Waals surface area contributed by atoms with E-state index < -0.39 is 0 Å². The third-order valence-electron chi connectivity index (χ3n) is 4.03. The van der Waals surface area contributed by atoms with E-state index in [1.54, 1.807) is 11.3 Å². The van der Waals surface area contributed by atoms with Gasteiger partial charge in [-0.15, -0.1) is 11.3 Å². The van der Waals surface area contributed by atoms with Crippen LogP contribution in [0.2, 0.25) is 0 Å². The first-order valence-electron chi connectivity index (χ1n) is 7.43. The Morgan fingerprint density at radius 1 is 1.50 bits per heavy atom. The maximum atomic E-state index is 11.8. The molecule has 1 aliphatic rings. The molecule has 0 unspecified atom stereocenters. The minimum absolute atomic E-state index is 0.159. The fraction of sp³-hybridized carbons (Fsp3) is 0.500. The fourth-order valence-electron chi connectivity index (χ4n) is 2.84. The number of nitrogens with zero attached hydrogens (tertiary/aromatic N) is 2. The summed E-state index contributed by atoms with van der Waals surface area (Å²) in [7, 11) is 1.44. The number of aryl methyl sites for hydroxylation is 2. The molecular weight excluding hydrogens is 300 g/mol. The number of ether oxygens (including phenoxy) is 1. The van der Waals surface area contributed by atoms with Gasteiger partial charge in [0.15, 0.2) is 0 Å². The Labute approximate surface area is 133 Å². The molecule has 0 saturated carbocycles. The summed E-state index contributed by atoms with van der Waals surface area (Å²) >= 11 is 1.67. The number of carbonyl (C=O) groups is 1. The Kier molecular flexibility index (Phi) is 4.31. The molecule has 118 valence electrons. The maximum Gasteiger partial charge on any atom is 0.323 e. The summed E-state index contributed by atoms with van der Waals surface area (Å²) in [5.74, 6) is 1.32. The van der Waals surface area contributed by atoms with Gasteiger partial charge in [0.25, 0.3) is 0 Å². The molecule has 0 aromatic carbocycles. The van der Waals surface area contributed by atoms with E-state index in [0.717, 1.165) is 35.7 Å². The molecule has 0 radical (unpaired) electrons. The van der Waals surface area contributed by atoms with E-state index in [-0.39, 0.29) is 12.0 Å². The predicted molar refractivity (Wildman–Crippen MR) is 84.7 cm³/mol. The molecule has 3 heterocycles. The van der Waals surface area contributed by atoms with Gasteiger partial charge in [-0.1, -0.05) is 0 Å². The molecular formula is C16H20N2O3S. The van der Waals surface area contributed by atoms with E-state index in [0.29, 0.717) is 12.4 Å². The van der Waals surface area contributed by atoms with Gasteiger partial charge < -0.3 is 9.15 Å². The standard InChI is InChI=1S/C16H20N2O3S/c1-10-6-7-14(22-10)15-17-12(11(2)21-15)9-18-8-4-5-13(18)16(19)20-3/h6-7,13H,4-5,8-9H2,1-3H3/t13-/m0/s1. The summed E-state index contributed by atoms with van der Waals surface area (Å²) in [6.45, 7) is 5.50. The number of esters is 1. The second-order valence-corrected chi connectivity index (χ2v) is 6.87. The summed E-state index contributed by atoms with van der Waals surface area (Å²) < 4.78 is 10.7. The van der Waals surface area contributed by atoms with Gasteiger partial charge >= 0.3 is 5.97 Å². The zero-order chi connectivity index (χ0) is 15.7. The van der Waals surface area contributed by atoms with E-state index in [1.807, 2.05) is 13.0 Å². The minimum atomic E-state index is -0.159. The van der Waals surface area contributed by atoms with Crippen molar-refractivity contribution in [2.75, 3.05) is 13.7 Å². The van der Waals surface area contributed by atoms with Gasteiger partial charge in [0.1, 0.15) is 11.8 Å². The molecule has 2 aromatic heterocycles. The highest BCUT2D eigenvalue weighted by Crippen LogP contribution is 2.30. The maximum absolute atomic E-state index is 11.8. The van der Waals surface area contributed by atoms with Crippen LogP contribution in [0.1, 0.15) is 29.2 Å². The van der Waals surface area contributed by atoms with Gasteiger partial charge in [-0.2, -0.15) is 0 Å². The highest BCUT2D eigenvalue weighted by atomic mass is 32.1. The van der Waals surface area contributed by atoms with Crippen LogP contribution in [0.4, 0.5) is 0 Å². The number of oxazole rings is 1. The van der Waals surface area contributed by atoms with Crippen LogP contribution in [-0.4, -0.2) is 35.5 Å². The summed E-state index contributed by atoms with van der Waals surface area (Å²) in [6.07, 6.45) is 1.86. The van der Waals surface area contributed by atoms with Crippen LogP contribution >= 0.6 is 11.3 Å². The van der Waals surface area contributed by atoms with Crippen molar-refractivity contribution in [1.29, 1.82) is 0 Å². The van der Waals surface area contributed by atoms with Crippen molar-refractivity contribution < 1.29 is 13.9 Å². The third-order valence-corrected chi connectivity index (χ3v) is 5.02. The van der Waals surface area contributed by atoms with Crippen molar-refractivity contribution in [3.8, 4) is 10.8 Å². The number of methoxy groups -OCH3 is 1. The highest BCUT2D eigenvalue weighted by molar-refractivity contribution is 7.15. The molecule has 2 aromatic rings. The molecule has 5 nitrogen and oxygen atoms in total. The van der Waals surface area contributed by atoms with Crippen molar-refractivity contribution in [1.82, 2.24) is 9.88 Å².